The van der Waals surface area contributed by atoms with E-state index in [1.807, 2.05) is 39.0 Å². The minimum Gasteiger partial charge on any atom is -0.404 e. The Hall–Kier alpha value is -5.41. The van der Waals surface area contributed by atoms with E-state index >= 15 is 0 Å². The number of nitrogens with two attached hydrogens (primary N) is 1. The number of hydrogen-bond acceptors (Lipinski definition) is 1. The van der Waals surface area contributed by atoms with Crippen molar-refractivity contribution in [3.05, 3.63) is 151 Å². The molecule has 2 N–H and O–H groups in total. The summed E-state index contributed by atoms with van der Waals surface area (Å²) in [5, 5.41) is 4.43. The molecule has 6 aromatic rings. The molecule has 0 atom stereocenters. The number of allylic oxidation sites excluding steroid dienone is 3. The molecule has 44 heavy (non-hydrogen) atoms. The van der Waals surface area contributed by atoms with Gasteiger partial charge < -0.3 is 5.73 Å². The van der Waals surface area contributed by atoms with E-state index in [1.165, 1.54) is 6.20 Å². The lowest BCUT2D eigenvalue weighted by molar-refractivity contribution is 0.371. The summed E-state index contributed by atoms with van der Waals surface area (Å²) >= 11 is 0. The first-order valence-corrected chi connectivity index (χ1v) is 14.8. The molecular weight excluding hydrogens is 539 g/mol. The molecule has 2 nitrogen and oxygen atoms in total. The molecule has 0 fully saturated rings. The van der Waals surface area contributed by atoms with Crippen molar-refractivity contribution in [1.82, 2.24) is 4.79 Å². The highest BCUT2D eigenvalue weighted by Gasteiger charge is 2.21. The van der Waals surface area contributed by atoms with Gasteiger partial charge in [0.05, 0.1) is 0 Å². The van der Waals surface area contributed by atoms with E-state index in [-0.39, 0.29) is 0 Å². The van der Waals surface area contributed by atoms with E-state index < -0.39 is 0 Å². The van der Waals surface area contributed by atoms with Crippen LogP contribution in [0.2, 0.25) is 0 Å². The standard InChI is InChI=1S/C41H35FN2/c1-6-30(26(4)23-43)28-17-19-29(20-18-28)40-31(7-2)32(8-3)41(37-16-12-11-15-36(37)40)38-22-21-35(33-13-9-10-14-34(33)38)39-25-44(42)24-27(39)5/h6-25H,2-3,43H2,1,4-5H3/b26-23-,30-6+. The Morgan fingerprint density at radius 1 is 0.705 bits per heavy atom. The second-order valence-corrected chi connectivity index (χ2v) is 11.1. The molecule has 1 heterocycles. The van der Waals surface area contributed by atoms with Crippen LogP contribution in [0.25, 0.3) is 72.7 Å². The zero-order valence-corrected chi connectivity index (χ0v) is 25.4. The molecule has 0 unspecified atom stereocenters. The van der Waals surface area contributed by atoms with Crippen molar-refractivity contribution in [3.63, 3.8) is 0 Å². The van der Waals surface area contributed by atoms with Gasteiger partial charge in [0.1, 0.15) is 0 Å². The monoisotopic (exact) mass is 574 g/mol. The molecule has 0 radical (unpaired) electrons. The van der Waals surface area contributed by atoms with Crippen molar-refractivity contribution in [2.45, 2.75) is 20.8 Å². The first-order valence-electron chi connectivity index (χ1n) is 14.8. The van der Waals surface area contributed by atoms with Crippen LogP contribution in [-0.2, 0) is 0 Å². The fraction of sp³-hybridized carbons (Fsp3) is 0.0732. The molecule has 6 rings (SSSR count). The van der Waals surface area contributed by atoms with Crippen LogP contribution in [0, 0.1) is 6.92 Å². The van der Waals surface area contributed by atoms with Gasteiger partial charge in [0, 0.05) is 18.0 Å². The summed E-state index contributed by atoms with van der Waals surface area (Å²) in [7, 11) is 0. The lowest BCUT2D eigenvalue weighted by Gasteiger charge is -2.22. The molecular formula is C41H35FN2. The van der Waals surface area contributed by atoms with Crippen LogP contribution in [0.3, 0.4) is 0 Å². The van der Waals surface area contributed by atoms with Crippen molar-refractivity contribution >= 4 is 39.3 Å². The normalized spacial score (nSPS) is 12.2. The van der Waals surface area contributed by atoms with Gasteiger partial charge in [0.15, 0.2) is 0 Å². The fourth-order valence-corrected chi connectivity index (χ4v) is 6.58. The van der Waals surface area contributed by atoms with Crippen molar-refractivity contribution in [3.8, 4) is 33.4 Å². The van der Waals surface area contributed by atoms with E-state index in [2.05, 4.69) is 98.1 Å². The van der Waals surface area contributed by atoms with Crippen molar-refractivity contribution in [2.75, 3.05) is 0 Å². The van der Waals surface area contributed by atoms with Gasteiger partial charge in [-0.3, -0.25) is 0 Å². The molecule has 0 bridgehead atoms. The Kier molecular flexibility index (Phi) is 7.63. The zero-order chi connectivity index (χ0) is 31.0. The van der Waals surface area contributed by atoms with Gasteiger partial charge in [0.2, 0.25) is 0 Å². The third-order valence-corrected chi connectivity index (χ3v) is 8.63. The minimum atomic E-state index is 0.633. The third-order valence-electron chi connectivity index (χ3n) is 8.63. The molecule has 0 spiro atoms. The summed E-state index contributed by atoms with van der Waals surface area (Å²) in [6, 6.07) is 29.8. The molecule has 216 valence electrons. The van der Waals surface area contributed by atoms with Crippen LogP contribution >= 0.6 is 0 Å². The lowest BCUT2D eigenvalue weighted by Crippen LogP contribution is -1.97. The third kappa shape index (κ3) is 4.67. The molecule has 1 aromatic heterocycles. The van der Waals surface area contributed by atoms with Gasteiger partial charge in [-0.25, -0.2) is 0 Å². The Morgan fingerprint density at radius 3 is 1.80 bits per heavy atom. The van der Waals surface area contributed by atoms with Crippen molar-refractivity contribution in [1.29, 1.82) is 0 Å². The van der Waals surface area contributed by atoms with Crippen LogP contribution in [0.1, 0.15) is 36.1 Å². The SMILES string of the molecule is C=Cc1c(C=C)c(-c2ccc(-c3cn(F)cc3C)c3ccccc23)c2ccccc2c1-c1ccc(C(=C/C)/C(C)=C\N)cc1. The topological polar surface area (TPSA) is 30.9 Å². The van der Waals surface area contributed by atoms with Crippen molar-refractivity contribution < 1.29 is 4.48 Å². The molecule has 0 saturated heterocycles. The number of aromatic nitrogens is 1. The highest BCUT2D eigenvalue weighted by Crippen LogP contribution is 2.46. The Balaban J connectivity index is 1.64. The summed E-state index contributed by atoms with van der Waals surface area (Å²) < 4.78 is 14.2. The number of fused-ring (bicyclic) bond motifs is 2. The predicted molar refractivity (Wildman–Crippen MR) is 189 cm³/mol. The maximum Gasteiger partial charge on any atom is 0.0460 e. The summed E-state index contributed by atoms with van der Waals surface area (Å²) in [6.45, 7) is 14.6. The number of rotatable bonds is 7. The van der Waals surface area contributed by atoms with Gasteiger partial charge >= 0.3 is 0 Å². The predicted octanol–water partition coefficient (Wildman–Crippen LogP) is 11.4. The van der Waals surface area contributed by atoms with Gasteiger partial charge in [0.25, 0.3) is 0 Å². The molecule has 0 amide bonds. The smallest absolute Gasteiger partial charge is 0.0460 e. The Bertz CT molecular complexity index is 2140. The van der Waals surface area contributed by atoms with Gasteiger partial charge in [-0.05, 0) is 110 Å². The summed E-state index contributed by atoms with van der Waals surface area (Å²) in [6.07, 6.45) is 10.7. The quantitative estimate of drug-likeness (QED) is 0.189. The van der Waals surface area contributed by atoms with E-state index in [4.69, 9.17) is 5.73 Å². The summed E-state index contributed by atoms with van der Waals surface area (Å²) in [5.74, 6) is 0. The second-order valence-electron chi connectivity index (χ2n) is 11.1. The van der Waals surface area contributed by atoms with Gasteiger partial charge in [-0.2, -0.15) is 4.79 Å². The van der Waals surface area contributed by atoms with E-state index in [0.29, 0.717) is 4.79 Å². The van der Waals surface area contributed by atoms with Crippen LogP contribution in [0.15, 0.2) is 128 Å². The molecule has 0 aliphatic heterocycles. The van der Waals surface area contributed by atoms with Crippen LogP contribution in [0.5, 0.6) is 0 Å². The average Bonchev–Trinajstić information content (AvgIpc) is 3.40. The van der Waals surface area contributed by atoms with Crippen LogP contribution in [-0.4, -0.2) is 4.79 Å². The van der Waals surface area contributed by atoms with Crippen LogP contribution in [0.4, 0.5) is 4.48 Å². The summed E-state index contributed by atoms with van der Waals surface area (Å²) in [4.78, 5) is 0.633. The maximum atomic E-state index is 14.2. The molecule has 3 heteroatoms. The Morgan fingerprint density at radius 2 is 1.25 bits per heavy atom. The number of nitrogens with zero attached hydrogens (tertiary/aromatic N) is 1. The van der Waals surface area contributed by atoms with E-state index in [0.717, 1.165) is 88.3 Å². The van der Waals surface area contributed by atoms with Gasteiger partial charge in [-0.1, -0.05) is 121 Å². The Labute approximate surface area is 258 Å². The number of halogens is 1. The van der Waals surface area contributed by atoms with Crippen LogP contribution < -0.4 is 5.73 Å². The van der Waals surface area contributed by atoms with Gasteiger partial charge in [-0.15, -0.1) is 0 Å². The summed E-state index contributed by atoms with van der Waals surface area (Å²) in [5.41, 5.74) is 18.4. The van der Waals surface area contributed by atoms with Crippen molar-refractivity contribution in [2.24, 2.45) is 5.73 Å². The molecule has 0 aliphatic rings. The minimum absolute atomic E-state index is 0.633. The number of hydrogen-bond donors (Lipinski definition) is 1. The van der Waals surface area contributed by atoms with E-state index in [9.17, 15) is 4.48 Å². The first-order chi connectivity index (χ1) is 21.4. The fourth-order valence-electron chi connectivity index (χ4n) is 6.58. The lowest BCUT2D eigenvalue weighted by atomic mass is 9.81. The largest absolute Gasteiger partial charge is 0.404 e. The molecule has 0 saturated carbocycles. The number of aryl methyl sites for hydroxylation is 1. The maximum absolute atomic E-state index is 14.2. The first kappa shape index (κ1) is 28.7. The number of benzene rings is 5. The highest BCUT2D eigenvalue weighted by atomic mass is 19.2. The highest BCUT2D eigenvalue weighted by molar-refractivity contribution is 6.16. The average molecular weight is 575 g/mol. The molecule has 5 aromatic carbocycles. The van der Waals surface area contributed by atoms with E-state index in [1.54, 1.807) is 12.4 Å². The zero-order valence-electron chi connectivity index (χ0n) is 25.4. The second kappa shape index (κ2) is 11.7. The molecule has 0 aliphatic carbocycles.